The molecule has 158 valence electrons. The first kappa shape index (κ1) is 21.6. The number of carbonyl (C=O) groups is 2. The zero-order valence-corrected chi connectivity index (χ0v) is 18.9. The molecule has 1 saturated carbocycles. The quantitative estimate of drug-likeness (QED) is 0.370. The lowest BCUT2D eigenvalue weighted by Crippen LogP contribution is -2.19. The summed E-state index contributed by atoms with van der Waals surface area (Å²) in [7, 11) is 0. The molecule has 0 aromatic heterocycles. The van der Waals surface area contributed by atoms with E-state index >= 15 is 0 Å². The van der Waals surface area contributed by atoms with Gasteiger partial charge in [-0.05, 0) is 60.9 Å². The van der Waals surface area contributed by atoms with Crippen molar-refractivity contribution in [2.45, 2.75) is 23.0 Å². The molecule has 4 rings (SSSR count). The monoisotopic (exact) mass is 498 g/mol. The number of thioether (sulfide) groups is 1. The van der Waals surface area contributed by atoms with Gasteiger partial charge in [0, 0.05) is 21.0 Å². The van der Waals surface area contributed by atoms with Crippen molar-refractivity contribution >= 4 is 50.9 Å². The lowest BCUT2D eigenvalue weighted by molar-refractivity contribution is -0.117. The highest BCUT2D eigenvalue weighted by atomic mass is 79.9. The molecule has 1 fully saturated rings. The third-order valence-electron chi connectivity index (χ3n) is 4.85. The fraction of sp³-hybridized carbons (Fsp3) is 0.167. The third-order valence-corrected chi connectivity index (χ3v) is 6.61. The van der Waals surface area contributed by atoms with Gasteiger partial charge in [-0.1, -0.05) is 46.3 Å². The van der Waals surface area contributed by atoms with Crippen molar-refractivity contribution in [3.8, 4) is 0 Å². The summed E-state index contributed by atoms with van der Waals surface area (Å²) in [6.45, 7) is 0. The van der Waals surface area contributed by atoms with E-state index in [0.29, 0.717) is 4.47 Å². The molecule has 1 aliphatic rings. The van der Waals surface area contributed by atoms with Gasteiger partial charge in [0.15, 0.2) is 0 Å². The number of halogens is 2. The molecule has 4 nitrogen and oxygen atoms in total. The minimum absolute atomic E-state index is 0.0541. The second kappa shape index (κ2) is 9.66. The number of amides is 2. The Kier molecular flexibility index (Phi) is 6.73. The predicted molar refractivity (Wildman–Crippen MR) is 126 cm³/mol. The first-order valence-corrected chi connectivity index (χ1v) is 11.6. The van der Waals surface area contributed by atoms with Gasteiger partial charge in [-0.2, -0.15) is 0 Å². The smallest absolute Gasteiger partial charge is 0.242 e. The number of rotatable bonds is 7. The Morgan fingerprint density at radius 1 is 0.968 bits per heavy atom. The van der Waals surface area contributed by atoms with Crippen molar-refractivity contribution in [1.82, 2.24) is 0 Å². The van der Waals surface area contributed by atoms with Crippen molar-refractivity contribution in [2.24, 2.45) is 5.92 Å². The van der Waals surface area contributed by atoms with Crippen LogP contribution in [0.3, 0.4) is 0 Å². The number of nitrogens with one attached hydrogen (secondary N) is 2. The molecule has 2 N–H and O–H groups in total. The minimum atomic E-state index is -0.573. The number of benzene rings is 3. The van der Waals surface area contributed by atoms with Crippen LogP contribution in [0.25, 0.3) is 0 Å². The van der Waals surface area contributed by atoms with Gasteiger partial charge in [0.05, 0.1) is 5.69 Å². The summed E-state index contributed by atoms with van der Waals surface area (Å²) in [5, 5.41) is 5.04. The fourth-order valence-corrected chi connectivity index (χ4v) is 4.39. The molecule has 7 heteroatoms. The molecule has 3 aromatic carbocycles. The summed E-state index contributed by atoms with van der Waals surface area (Å²) in [4.78, 5) is 25.9. The van der Waals surface area contributed by atoms with Crippen LogP contribution in [0.2, 0.25) is 0 Å². The van der Waals surface area contributed by atoms with Gasteiger partial charge in [0.1, 0.15) is 11.1 Å². The zero-order valence-electron chi connectivity index (χ0n) is 16.5. The first-order valence-electron chi connectivity index (χ1n) is 9.88. The second-order valence-electron chi connectivity index (χ2n) is 7.31. The van der Waals surface area contributed by atoms with E-state index in [2.05, 4.69) is 26.6 Å². The molecule has 2 amide bonds. The molecular weight excluding hydrogens is 479 g/mol. The van der Waals surface area contributed by atoms with Crippen molar-refractivity contribution in [1.29, 1.82) is 0 Å². The molecule has 0 spiro atoms. The Bertz CT molecular complexity index is 1090. The molecule has 0 bridgehead atoms. The SMILES string of the molecule is O=C(Nc1ccc(SC(C(=O)Nc2ccc(Br)cc2F)c2ccccc2)cc1)C1CC1. The molecule has 3 aromatic rings. The maximum absolute atomic E-state index is 14.2. The average Bonchev–Trinajstić information content (AvgIpc) is 3.61. The number of carbonyl (C=O) groups excluding carboxylic acids is 2. The number of hydrogen-bond acceptors (Lipinski definition) is 3. The largest absolute Gasteiger partial charge is 0.326 e. The third kappa shape index (κ3) is 5.74. The Morgan fingerprint density at radius 2 is 1.68 bits per heavy atom. The Labute approximate surface area is 192 Å². The summed E-state index contributed by atoms with van der Waals surface area (Å²) in [6.07, 6.45) is 1.90. The van der Waals surface area contributed by atoms with Gasteiger partial charge >= 0.3 is 0 Å². The Balaban J connectivity index is 1.51. The summed E-state index contributed by atoms with van der Waals surface area (Å²) < 4.78 is 14.8. The van der Waals surface area contributed by atoms with Crippen LogP contribution in [0.1, 0.15) is 23.7 Å². The van der Waals surface area contributed by atoms with Gasteiger partial charge in [-0.3, -0.25) is 9.59 Å². The average molecular weight is 499 g/mol. The topological polar surface area (TPSA) is 58.2 Å². The van der Waals surface area contributed by atoms with E-state index in [1.54, 1.807) is 6.07 Å². The summed E-state index contributed by atoms with van der Waals surface area (Å²) in [5.41, 5.74) is 1.68. The Morgan fingerprint density at radius 3 is 2.32 bits per heavy atom. The minimum Gasteiger partial charge on any atom is -0.326 e. The molecule has 1 unspecified atom stereocenters. The normalized spacial score (nSPS) is 14.0. The molecule has 0 heterocycles. The number of hydrogen-bond donors (Lipinski definition) is 2. The van der Waals surface area contributed by atoms with Crippen LogP contribution in [0, 0.1) is 11.7 Å². The maximum atomic E-state index is 14.2. The van der Waals surface area contributed by atoms with Crippen LogP contribution in [-0.4, -0.2) is 11.8 Å². The molecule has 1 atom stereocenters. The van der Waals surface area contributed by atoms with E-state index in [4.69, 9.17) is 0 Å². The van der Waals surface area contributed by atoms with Crippen molar-refractivity contribution in [2.75, 3.05) is 10.6 Å². The van der Waals surface area contributed by atoms with Gasteiger partial charge in [-0.15, -0.1) is 11.8 Å². The molecular formula is C24H20BrFN2O2S. The molecule has 1 aliphatic carbocycles. The molecule has 31 heavy (non-hydrogen) atoms. The first-order chi connectivity index (χ1) is 15.0. The van der Waals surface area contributed by atoms with Crippen LogP contribution in [0.4, 0.5) is 15.8 Å². The van der Waals surface area contributed by atoms with E-state index in [1.807, 2.05) is 54.6 Å². The van der Waals surface area contributed by atoms with Gasteiger partial charge < -0.3 is 10.6 Å². The van der Waals surface area contributed by atoms with Crippen LogP contribution in [0.15, 0.2) is 82.2 Å². The highest BCUT2D eigenvalue weighted by Crippen LogP contribution is 2.37. The van der Waals surface area contributed by atoms with E-state index in [0.717, 1.165) is 29.0 Å². The summed E-state index contributed by atoms with van der Waals surface area (Å²) in [5.74, 6) is -0.628. The van der Waals surface area contributed by atoms with Crippen molar-refractivity contribution in [3.63, 3.8) is 0 Å². The second-order valence-corrected chi connectivity index (χ2v) is 9.40. The summed E-state index contributed by atoms with van der Waals surface area (Å²) >= 11 is 4.59. The van der Waals surface area contributed by atoms with Crippen LogP contribution >= 0.6 is 27.7 Å². The zero-order chi connectivity index (χ0) is 21.8. The molecule has 0 radical (unpaired) electrons. The standard InChI is InChI=1S/C24H20BrFN2O2S/c25-17-8-13-21(20(26)14-17)28-24(30)22(15-4-2-1-3-5-15)31-19-11-9-18(10-12-19)27-23(29)16-6-7-16/h1-5,8-14,16,22H,6-7H2,(H,27,29)(H,28,30). The van der Waals surface area contributed by atoms with Gasteiger partial charge in [0.25, 0.3) is 0 Å². The maximum Gasteiger partial charge on any atom is 0.242 e. The predicted octanol–water partition coefficient (Wildman–Crippen LogP) is 6.41. The molecule has 0 saturated heterocycles. The van der Waals surface area contributed by atoms with Gasteiger partial charge in [0.2, 0.25) is 11.8 Å². The van der Waals surface area contributed by atoms with E-state index in [1.165, 1.54) is 23.9 Å². The van der Waals surface area contributed by atoms with Gasteiger partial charge in [-0.25, -0.2) is 4.39 Å². The van der Waals surface area contributed by atoms with E-state index in [9.17, 15) is 14.0 Å². The summed E-state index contributed by atoms with van der Waals surface area (Å²) in [6, 6.07) is 21.3. The lowest BCUT2D eigenvalue weighted by Gasteiger charge is -2.18. The lowest BCUT2D eigenvalue weighted by atomic mass is 10.1. The van der Waals surface area contributed by atoms with E-state index in [-0.39, 0.29) is 23.4 Å². The Hall–Kier alpha value is -2.64. The number of anilines is 2. The van der Waals surface area contributed by atoms with Crippen molar-refractivity contribution in [3.05, 3.63) is 88.6 Å². The van der Waals surface area contributed by atoms with Crippen molar-refractivity contribution < 1.29 is 14.0 Å². The van der Waals surface area contributed by atoms with Crippen LogP contribution in [0.5, 0.6) is 0 Å². The van der Waals surface area contributed by atoms with Crippen LogP contribution in [-0.2, 0) is 9.59 Å². The highest BCUT2D eigenvalue weighted by Gasteiger charge is 2.29. The fourth-order valence-electron chi connectivity index (χ4n) is 3.03. The highest BCUT2D eigenvalue weighted by molar-refractivity contribution is 9.10. The van der Waals surface area contributed by atoms with Crippen LogP contribution < -0.4 is 10.6 Å². The van der Waals surface area contributed by atoms with E-state index < -0.39 is 11.1 Å². The molecule has 0 aliphatic heterocycles.